The maximum Gasteiger partial charge on any atom is 0.273 e. The zero-order valence-electron chi connectivity index (χ0n) is 9.74. The molecule has 0 atom stereocenters. The molecule has 18 heavy (non-hydrogen) atoms. The van der Waals surface area contributed by atoms with Crippen molar-refractivity contribution in [3.05, 3.63) is 52.3 Å². The molecule has 0 spiro atoms. The van der Waals surface area contributed by atoms with Gasteiger partial charge in [0.05, 0.1) is 30.4 Å². The third-order valence-corrected chi connectivity index (χ3v) is 2.63. The van der Waals surface area contributed by atoms with E-state index in [2.05, 4.69) is 0 Å². The maximum atomic E-state index is 10.7. The van der Waals surface area contributed by atoms with E-state index in [1.807, 2.05) is 0 Å². The highest BCUT2D eigenvalue weighted by Crippen LogP contribution is 2.28. The van der Waals surface area contributed by atoms with Crippen LogP contribution in [-0.2, 0) is 6.61 Å². The van der Waals surface area contributed by atoms with Crippen molar-refractivity contribution in [3.63, 3.8) is 0 Å². The third kappa shape index (κ3) is 2.05. The van der Waals surface area contributed by atoms with Crippen LogP contribution in [0.4, 0.5) is 5.69 Å². The molecule has 0 saturated carbocycles. The fourth-order valence-corrected chi connectivity index (χ4v) is 1.76. The van der Waals surface area contributed by atoms with Crippen molar-refractivity contribution in [3.8, 4) is 11.4 Å². The number of ether oxygens (including phenoxy) is 1. The first kappa shape index (κ1) is 12.1. The summed E-state index contributed by atoms with van der Waals surface area (Å²) in [4.78, 5) is 10.2. The molecule has 0 saturated heterocycles. The van der Waals surface area contributed by atoms with E-state index in [0.717, 1.165) is 0 Å². The van der Waals surface area contributed by atoms with Crippen molar-refractivity contribution < 1.29 is 14.8 Å². The SMILES string of the molecule is COc1cc([N+](=O)[O-])ccc1-n1cccc1CO. The first-order valence-corrected chi connectivity index (χ1v) is 5.27. The van der Waals surface area contributed by atoms with Gasteiger partial charge in [-0.25, -0.2) is 0 Å². The topological polar surface area (TPSA) is 77.5 Å². The van der Waals surface area contributed by atoms with E-state index < -0.39 is 4.92 Å². The van der Waals surface area contributed by atoms with E-state index >= 15 is 0 Å². The van der Waals surface area contributed by atoms with Crippen molar-refractivity contribution >= 4 is 5.69 Å². The summed E-state index contributed by atoms with van der Waals surface area (Å²) in [5.74, 6) is 0.384. The van der Waals surface area contributed by atoms with Crippen LogP contribution in [0.3, 0.4) is 0 Å². The standard InChI is InChI=1S/C12H12N2O4/c1-18-12-7-9(14(16)17)4-5-11(12)13-6-2-3-10(13)8-15/h2-7,15H,8H2,1H3. The number of methoxy groups -OCH3 is 1. The number of non-ortho nitro benzene ring substituents is 1. The first-order chi connectivity index (χ1) is 8.67. The summed E-state index contributed by atoms with van der Waals surface area (Å²) in [5.41, 5.74) is 1.30. The molecular formula is C12H12N2O4. The fraction of sp³-hybridized carbons (Fsp3) is 0.167. The van der Waals surface area contributed by atoms with Crippen molar-refractivity contribution in [2.45, 2.75) is 6.61 Å². The Balaban J connectivity index is 2.54. The van der Waals surface area contributed by atoms with E-state index in [0.29, 0.717) is 17.1 Å². The van der Waals surface area contributed by atoms with Crippen molar-refractivity contribution in [1.29, 1.82) is 0 Å². The Morgan fingerprint density at radius 3 is 2.83 bits per heavy atom. The summed E-state index contributed by atoms with van der Waals surface area (Å²) < 4.78 is 6.88. The number of aromatic nitrogens is 1. The minimum Gasteiger partial charge on any atom is -0.494 e. The largest absolute Gasteiger partial charge is 0.494 e. The highest BCUT2D eigenvalue weighted by atomic mass is 16.6. The van der Waals surface area contributed by atoms with Crippen LogP contribution in [0.5, 0.6) is 5.75 Å². The van der Waals surface area contributed by atoms with Crippen LogP contribution < -0.4 is 4.74 Å². The number of rotatable bonds is 4. The average molecular weight is 248 g/mol. The van der Waals surface area contributed by atoms with Gasteiger partial charge in [0.2, 0.25) is 0 Å². The molecule has 0 radical (unpaired) electrons. The second-order valence-electron chi connectivity index (χ2n) is 3.64. The van der Waals surface area contributed by atoms with E-state index in [9.17, 15) is 15.2 Å². The molecule has 2 rings (SSSR count). The molecule has 0 bridgehead atoms. The van der Waals surface area contributed by atoms with Crippen molar-refractivity contribution in [2.24, 2.45) is 0 Å². The molecule has 0 unspecified atom stereocenters. The summed E-state index contributed by atoms with van der Waals surface area (Å²) in [5, 5.41) is 19.9. The molecule has 0 aliphatic carbocycles. The quantitative estimate of drug-likeness (QED) is 0.662. The maximum absolute atomic E-state index is 10.7. The molecule has 6 nitrogen and oxygen atoms in total. The van der Waals surface area contributed by atoms with Gasteiger partial charge in [0, 0.05) is 18.0 Å². The molecule has 0 aliphatic rings. The number of nitro benzene ring substituents is 1. The smallest absolute Gasteiger partial charge is 0.273 e. The number of nitrogens with zero attached hydrogens (tertiary/aromatic N) is 2. The highest BCUT2D eigenvalue weighted by molar-refractivity contribution is 5.54. The van der Waals surface area contributed by atoms with Crippen LogP contribution in [0.15, 0.2) is 36.5 Å². The van der Waals surface area contributed by atoms with Crippen LogP contribution in [0.25, 0.3) is 5.69 Å². The van der Waals surface area contributed by atoms with Gasteiger partial charge in [0.25, 0.3) is 5.69 Å². The van der Waals surface area contributed by atoms with Gasteiger partial charge in [-0.3, -0.25) is 10.1 Å². The van der Waals surface area contributed by atoms with Gasteiger partial charge in [-0.15, -0.1) is 0 Å². The molecule has 0 amide bonds. The summed E-state index contributed by atoms with van der Waals surface area (Å²) in [7, 11) is 1.45. The summed E-state index contributed by atoms with van der Waals surface area (Å²) in [6.07, 6.45) is 1.76. The molecule has 0 fully saturated rings. The molecule has 1 aromatic heterocycles. The Labute approximate surface area is 103 Å². The number of hydrogen-bond acceptors (Lipinski definition) is 4. The van der Waals surface area contributed by atoms with Crippen LogP contribution in [0, 0.1) is 10.1 Å². The van der Waals surface area contributed by atoms with Crippen molar-refractivity contribution in [1.82, 2.24) is 4.57 Å². The summed E-state index contributed by atoms with van der Waals surface area (Å²) in [6, 6.07) is 7.90. The van der Waals surface area contributed by atoms with Gasteiger partial charge in [0.15, 0.2) is 0 Å². The van der Waals surface area contributed by atoms with Crippen LogP contribution >= 0.6 is 0 Å². The zero-order chi connectivity index (χ0) is 13.1. The number of hydrogen-bond donors (Lipinski definition) is 1. The minimum atomic E-state index is -0.477. The molecule has 1 N–H and O–H groups in total. The lowest BCUT2D eigenvalue weighted by atomic mass is 10.2. The molecule has 1 aromatic carbocycles. The van der Waals surface area contributed by atoms with E-state index in [-0.39, 0.29) is 12.3 Å². The Bertz CT molecular complexity index is 577. The van der Waals surface area contributed by atoms with Crippen LogP contribution in [0.2, 0.25) is 0 Å². The molecular weight excluding hydrogens is 236 g/mol. The molecule has 1 heterocycles. The van der Waals surface area contributed by atoms with E-state index in [1.54, 1.807) is 29.0 Å². The zero-order valence-corrected chi connectivity index (χ0v) is 9.74. The number of nitro groups is 1. The van der Waals surface area contributed by atoms with Gasteiger partial charge in [-0.05, 0) is 18.2 Å². The van der Waals surface area contributed by atoms with Crippen LogP contribution in [0.1, 0.15) is 5.69 Å². The van der Waals surface area contributed by atoms with Gasteiger partial charge in [-0.1, -0.05) is 0 Å². The molecule has 6 heteroatoms. The predicted molar refractivity (Wildman–Crippen MR) is 64.9 cm³/mol. The van der Waals surface area contributed by atoms with Gasteiger partial charge >= 0.3 is 0 Å². The van der Waals surface area contributed by atoms with Gasteiger partial charge in [0.1, 0.15) is 5.75 Å². The number of aliphatic hydroxyl groups is 1. The third-order valence-electron chi connectivity index (χ3n) is 2.63. The van der Waals surface area contributed by atoms with E-state index in [4.69, 9.17) is 4.74 Å². The predicted octanol–water partition coefficient (Wildman–Crippen LogP) is 1.89. The molecule has 2 aromatic rings. The normalized spacial score (nSPS) is 10.3. The lowest BCUT2D eigenvalue weighted by Crippen LogP contribution is -2.02. The van der Waals surface area contributed by atoms with Gasteiger partial charge in [-0.2, -0.15) is 0 Å². The Morgan fingerprint density at radius 2 is 2.22 bits per heavy atom. The summed E-state index contributed by atoms with van der Waals surface area (Å²) >= 11 is 0. The Hall–Kier alpha value is -2.34. The summed E-state index contributed by atoms with van der Waals surface area (Å²) in [6.45, 7) is -0.118. The first-order valence-electron chi connectivity index (χ1n) is 5.27. The molecule has 94 valence electrons. The number of benzene rings is 1. The Morgan fingerprint density at radius 1 is 1.44 bits per heavy atom. The molecule has 0 aliphatic heterocycles. The second-order valence-corrected chi connectivity index (χ2v) is 3.64. The average Bonchev–Trinajstić information content (AvgIpc) is 2.85. The lowest BCUT2D eigenvalue weighted by Gasteiger charge is -2.11. The highest BCUT2D eigenvalue weighted by Gasteiger charge is 2.13. The van der Waals surface area contributed by atoms with Crippen LogP contribution in [-0.4, -0.2) is 21.7 Å². The minimum absolute atomic E-state index is 0.0340. The fourth-order valence-electron chi connectivity index (χ4n) is 1.76. The van der Waals surface area contributed by atoms with Crippen molar-refractivity contribution in [2.75, 3.05) is 7.11 Å². The number of aliphatic hydroxyl groups excluding tert-OH is 1. The van der Waals surface area contributed by atoms with E-state index in [1.165, 1.54) is 19.2 Å². The van der Waals surface area contributed by atoms with Gasteiger partial charge < -0.3 is 14.4 Å². The Kier molecular flexibility index (Phi) is 3.29. The lowest BCUT2D eigenvalue weighted by molar-refractivity contribution is -0.384. The monoisotopic (exact) mass is 248 g/mol. The second kappa shape index (κ2) is 4.89.